The van der Waals surface area contributed by atoms with Crippen LogP contribution in [0.3, 0.4) is 0 Å². The Morgan fingerprint density at radius 1 is 1.36 bits per heavy atom. The highest BCUT2D eigenvalue weighted by Crippen LogP contribution is 2.19. The van der Waals surface area contributed by atoms with Crippen molar-refractivity contribution in [3.8, 4) is 0 Å². The lowest BCUT2D eigenvalue weighted by Gasteiger charge is -2.33. The quantitative estimate of drug-likeness (QED) is 0.802. The molecular weight excluding hydrogens is 303 g/mol. The monoisotopic (exact) mass is 328 g/mol. The Morgan fingerprint density at radius 2 is 2.09 bits per heavy atom. The Morgan fingerprint density at radius 3 is 2.77 bits per heavy atom. The molecule has 6 heteroatoms. The highest BCUT2D eigenvalue weighted by molar-refractivity contribution is 7.88. The van der Waals surface area contributed by atoms with Crippen LogP contribution in [0.1, 0.15) is 18.4 Å². The number of hydrogen-bond acceptors (Lipinski definition) is 3. The summed E-state index contributed by atoms with van der Waals surface area (Å²) in [5, 5.41) is 0. The predicted octanol–water partition coefficient (Wildman–Crippen LogP) is 1.97. The van der Waals surface area contributed by atoms with Crippen LogP contribution in [0.25, 0.3) is 0 Å². The molecule has 0 radical (unpaired) electrons. The van der Waals surface area contributed by atoms with E-state index in [0.717, 1.165) is 31.5 Å². The lowest BCUT2D eigenvalue weighted by atomic mass is 9.99. The normalized spacial score (nSPS) is 20.5. The first-order valence-corrected chi connectivity index (χ1v) is 9.58. The van der Waals surface area contributed by atoms with Crippen molar-refractivity contribution in [2.45, 2.75) is 19.3 Å². The molecule has 2 rings (SSSR count). The third kappa shape index (κ3) is 5.04. The smallest absolute Gasteiger partial charge is 0.211 e. The van der Waals surface area contributed by atoms with Crippen LogP contribution in [-0.4, -0.2) is 57.1 Å². The van der Waals surface area contributed by atoms with E-state index in [1.807, 2.05) is 19.2 Å². The van der Waals surface area contributed by atoms with Crippen molar-refractivity contribution in [3.05, 3.63) is 35.6 Å². The molecule has 0 aliphatic carbocycles. The highest BCUT2D eigenvalue weighted by Gasteiger charge is 2.26. The van der Waals surface area contributed by atoms with Gasteiger partial charge in [0.1, 0.15) is 5.82 Å². The summed E-state index contributed by atoms with van der Waals surface area (Å²) >= 11 is 0. The topological polar surface area (TPSA) is 40.6 Å². The van der Waals surface area contributed by atoms with Crippen LogP contribution in [-0.2, 0) is 16.4 Å². The molecule has 0 N–H and O–H groups in total. The highest BCUT2D eigenvalue weighted by atomic mass is 32.2. The number of sulfonamides is 1. The van der Waals surface area contributed by atoms with E-state index in [2.05, 4.69) is 4.90 Å². The van der Waals surface area contributed by atoms with Gasteiger partial charge in [-0.25, -0.2) is 17.1 Å². The number of piperidine rings is 1. The third-order valence-electron chi connectivity index (χ3n) is 4.24. The number of rotatable bonds is 6. The van der Waals surface area contributed by atoms with Gasteiger partial charge in [-0.1, -0.05) is 18.2 Å². The standard InChI is InChI=1S/C16H25FN2O2S/c1-18(11-9-15-7-3-4-8-16(15)17)12-14-6-5-10-19(13-14)22(2,20)21/h3-4,7-8,14H,5-6,9-13H2,1-2H3. The van der Waals surface area contributed by atoms with E-state index in [0.29, 0.717) is 25.4 Å². The van der Waals surface area contributed by atoms with Gasteiger partial charge in [0.25, 0.3) is 0 Å². The predicted molar refractivity (Wildman–Crippen MR) is 86.7 cm³/mol. The Bertz CT molecular complexity index is 592. The van der Waals surface area contributed by atoms with Crippen LogP contribution >= 0.6 is 0 Å². The molecule has 1 aromatic rings. The van der Waals surface area contributed by atoms with E-state index < -0.39 is 10.0 Å². The Balaban J connectivity index is 1.82. The average molecular weight is 328 g/mol. The van der Waals surface area contributed by atoms with Gasteiger partial charge in [0, 0.05) is 26.2 Å². The van der Waals surface area contributed by atoms with Crippen LogP contribution in [0.15, 0.2) is 24.3 Å². The van der Waals surface area contributed by atoms with Crippen molar-refractivity contribution >= 4 is 10.0 Å². The first-order chi connectivity index (χ1) is 10.4. The van der Waals surface area contributed by atoms with E-state index in [1.165, 1.54) is 12.3 Å². The molecule has 0 aromatic heterocycles. The molecule has 0 bridgehead atoms. The van der Waals surface area contributed by atoms with Crippen LogP contribution in [0, 0.1) is 11.7 Å². The molecule has 1 atom stereocenters. The second-order valence-corrected chi connectivity index (χ2v) is 8.22. The maximum Gasteiger partial charge on any atom is 0.211 e. The molecule has 1 fully saturated rings. The maximum absolute atomic E-state index is 13.6. The summed E-state index contributed by atoms with van der Waals surface area (Å²) in [7, 11) is -1.08. The summed E-state index contributed by atoms with van der Waals surface area (Å²) in [6, 6.07) is 6.85. The average Bonchev–Trinajstić information content (AvgIpc) is 2.46. The SMILES string of the molecule is CN(CCc1ccccc1F)CC1CCCN(S(C)(=O)=O)C1. The van der Waals surface area contributed by atoms with Gasteiger partial charge in [-0.05, 0) is 43.9 Å². The molecule has 1 aliphatic heterocycles. The number of likely N-dealkylation sites (N-methyl/N-ethyl adjacent to an activating group) is 1. The first kappa shape index (κ1) is 17.4. The number of nitrogens with zero attached hydrogens (tertiary/aromatic N) is 2. The minimum atomic E-state index is -3.09. The van der Waals surface area contributed by atoms with Gasteiger partial charge in [-0.2, -0.15) is 0 Å². The van der Waals surface area contributed by atoms with E-state index in [1.54, 1.807) is 10.4 Å². The summed E-state index contributed by atoms with van der Waals surface area (Å²) in [4.78, 5) is 2.17. The summed E-state index contributed by atoms with van der Waals surface area (Å²) in [6.45, 7) is 2.86. The molecule has 124 valence electrons. The molecule has 22 heavy (non-hydrogen) atoms. The van der Waals surface area contributed by atoms with Crippen molar-refractivity contribution in [2.24, 2.45) is 5.92 Å². The van der Waals surface area contributed by atoms with Gasteiger partial charge in [-0.3, -0.25) is 0 Å². The van der Waals surface area contributed by atoms with Gasteiger partial charge < -0.3 is 4.90 Å². The third-order valence-corrected chi connectivity index (χ3v) is 5.51. The number of halogens is 1. The van der Waals surface area contributed by atoms with Crippen LogP contribution in [0.4, 0.5) is 4.39 Å². The molecule has 1 unspecified atom stereocenters. The van der Waals surface area contributed by atoms with Crippen molar-refractivity contribution in [3.63, 3.8) is 0 Å². The summed E-state index contributed by atoms with van der Waals surface area (Å²) in [6.07, 6.45) is 3.91. The second-order valence-electron chi connectivity index (χ2n) is 6.23. The molecule has 0 spiro atoms. The molecular formula is C16H25FN2O2S. The maximum atomic E-state index is 13.6. The molecule has 1 aliphatic rings. The second kappa shape index (κ2) is 7.53. The molecule has 1 aromatic carbocycles. The van der Waals surface area contributed by atoms with E-state index in [-0.39, 0.29) is 5.82 Å². The fourth-order valence-corrected chi connectivity index (χ4v) is 3.96. The Hall–Kier alpha value is -0.980. The lowest BCUT2D eigenvalue weighted by molar-refractivity contribution is 0.201. The van der Waals surface area contributed by atoms with Crippen molar-refractivity contribution < 1.29 is 12.8 Å². The zero-order valence-corrected chi connectivity index (χ0v) is 14.2. The van der Waals surface area contributed by atoms with Gasteiger partial charge >= 0.3 is 0 Å². The largest absolute Gasteiger partial charge is 0.306 e. The minimum Gasteiger partial charge on any atom is -0.306 e. The lowest BCUT2D eigenvalue weighted by Crippen LogP contribution is -2.42. The number of benzene rings is 1. The van der Waals surface area contributed by atoms with E-state index >= 15 is 0 Å². The Labute approximate surface area is 133 Å². The summed E-state index contributed by atoms with van der Waals surface area (Å²) in [5.74, 6) is 0.200. The van der Waals surface area contributed by atoms with Gasteiger partial charge in [0.2, 0.25) is 10.0 Å². The molecule has 4 nitrogen and oxygen atoms in total. The Kier molecular flexibility index (Phi) is 5.94. The number of hydrogen-bond donors (Lipinski definition) is 0. The van der Waals surface area contributed by atoms with Gasteiger partial charge in [-0.15, -0.1) is 0 Å². The molecule has 0 amide bonds. The fraction of sp³-hybridized carbons (Fsp3) is 0.625. The fourth-order valence-electron chi connectivity index (χ4n) is 3.02. The van der Waals surface area contributed by atoms with Gasteiger partial charge in [0.05, 0.1) is 6.26 Å². The van der Waals surface area contributed by atoms with Crippen molar-refractivity contribution in [2.75, 3.05) is 39.5 Å². The van der Waals surface area contributed by atoms with Crippen molar-refractivity contribution in [1.82, 2.24) is 9.21 Å². The zero-order valence-electron chi connectivity index (χ0n) is 13.3. The molecule has 0 saturated carbocycles. The van der Waals surface area contributed by atoms with Crippen molar-refractivity contribution in [1.29, 1.82) is 0 Å². The van der Waals surface area contributed by atoms with Crippen LogP contribution in [0.2, 0.25) is 0 Å². The van der Waals surface area contributed by atoms with E-state index in [9.17, 15) is 12.8 Å². The van der Waals surface area contributed by atoms with Crippen LogP contribution < -0.4 is 0 Å². The minimum absolute atomic E-state index is 0.156. The molecule has 1 heterocycles. The summed E-state index contributed by atoms with van der Waals surface area (Å²) < 4.78 is 38.4. The summed E-state index contributed by atoms with van der Waals surface area (Å²) in [5.41, 5.74) is 0.732. The molecule has 1 saturated heterocycles. The van der Waals surface area contributed by atoms with Crippen LogP contribution in [0.5, 0.6) is 0 Å². The first-order valence-electron chi connectivity index (χ1n) is 7.73. The van der Waals surface area contributed by atoms with Gasteiger partial charge in [0.15, 0.2) is 0 Å². The van der Waals surface area contributed by atoms with E-state index in [4.69, 9.17) is 0 Å². The zero-order chi connectivity index (χ0) is 16.2.